The quantitative estimate of drug-likeness (QED) is 0.477. The summed E-state index contributed by atoms with van der Waals surface area (Å²) in [4.78, 5) is 43.1. The largest absolute Gasteiger partial charge is 0.443 e. The lowest BCUT2D eigenvalue weighted by atomic mass is 9.34. The van der Waals surface area contributed by atoms with Crippen LogP contribution in [0, 0.1) is 39.9 Å². The number of ether oxygens (including phenoxy) is 2. The third kappa shape index (κ3) is 2.43. The van der Waals surface area contributed by atoms with E-state index in [1.807, 2.05) is 6.92 Å². The fourth-order valence-electron chi connectivity index (χ4n) is 11.0. The number of carbonyl (C=O) groups is 3. The Bertz CT molecular complexity index is 1100. The molecule has 3 aliphatic carbocycles. The zero-order valence-corrected chi connectivity index (χ0v) is 21.8. The van der Waals surface area contributed by atoms with Crippen molar-refractivity contribution in [3.05, 3.63) is 11.6 Å². The van der Waals surface area contributed by atoms with Gasteiger partial charge in [-0.1, -0.05) is 33.3 Å². The summed E-state index contributed by atoms with van der Waals surface area (Å²) in [5.41, 5.74) is -1.36. The van der Waals surface area contributed by atoms with E-state index in [9.17, 15) is 14.4 Å². The van der Waals surface area contributed by atoms with E-state index in [-0.39, 0.29) is 59.0 Å². The molecular weight excluding hydrogens is 442 g/mol. The van der Waals surface area contributed by atoms with Crippen molar-refractivity contribution in [2.24, 2.45) is 39.9 Å². The highest BCUT2D eigenvalue weighted by atomic mass is 16.6. The summed E-state index contributed by atoms with van der Waals surface area (Å²) in [6, 6.07) is 0. The molecule has 6 nitrogen and oxygen atoms in total. The van der Waals surface area contributed by atoms with E-state index in [1.165, 1.54) is 0 Å². The number of Topliss-reactive ketones (excluding diaryl/α,β-unsaturated/α-hetero) is 1. The maximum absolute atomic E-state index is 14.0. The molecule has 7 aliphatic rings. The molecule has 0 aromatic carbocycles. The lowest BCUT2D eigenvalue weighted by Crippen LogP contribution is -2.82. The van der Waals surface area contributed by atoms with Gasteiger partial charge in [0.1, 0.15) is 11.5 Å². The van der Waals surface area contributed by atoms with Crippen LogP contribution in [0.25, 0.3) is 0 Å². The molecule has 6 heteroatoms. The molecular formula is C29H39NO5. The van der Waals surface area contributed by atoms with Crippen molar-refractivity contribution in [1.29, 1.82) is 0 Å². The number of ketones is 2. The van der Waals surface area contributed by atoms with Crippen LogP contribution in [0.4, 0.5) is 0 Å². The van der Waals surface area contributed by atoms with Crippen LogP contribution < -0.4 is 0 Å². The molecule has 0 amide bonds. The summed E-state index contributed by atoms with van der Waals surface area (Å²) in [5.74, 6) is 0.300. The number of carbonyl (C=O) groups excluding carboxylic acids is 3. The van der Waals surface area contributed by atoms with Crippen LogP contribution in [-0.2, 0) is 23.9 Å². The topological polar surface area (TPSA) is 72.9 Å². The van der Waals surface area contributed by atoms with Crippen molar-refractivity contribution < 1.29 is 23.9 Å². The SMILES string of the molecule is CC1=CC(=O)[C@H]2CC(=O)[C@H]3[C@@](C)(C[C@@]45OC(=O)C[C@@]3(C)[C@]4(C)CC[C@]34C[C@@H](C)C[C@H](CN35)O4)[C@@H]2C1. The lowest BCUT2D eigenvalue weighted by molar-refractivity contribution is -0.379. The summed E-state index contributed by atoms with van der Waals surface area (Å²) in [6.07, 6.45) is 7.78. The van der Waals surface area contributed by atoms with Gasteiger partial charge in [0, 0.05) is 36.6 Å². The van der Waals surface area contributed by atoms with E-state index < -0.39 is 16.6 Å². The highest BCUT2D eigenvalue weighted by molar-refractivity contribution is 5.99. The van der Waals surface area contributed by atoms with Crippen LogP contribution >= 0.6 is 0 Å². The predicted molar refractivity (Wildman–Crippen MR) is 128 cm³/mol. The fraction of sp³-hybridized carbons (Fsp3) is 0.828. The zero-order chi connectivity index (χ0) is 24.8. The number of allylic oxidation sites excluding steroid dienone is 2. The van der Waals surface area contributed by atoms with E-state index in [0.717, 1.165) is 44.2 Å². The van der Waals surface area contributed by atoms with Gasteiger partial charge in [0.05, 0.1) is 12.5 Å². The van der Waals surface area contributed by atoms with Crippen LogP contribution in [0.1, 0.15) is 86.0 Å². The second kappa shape index (κ2) is 6.48. The maximum Gasteiger partial charge on any atom is 0.308 e. The average Bonchev–Trinajstić information content (AvgIpc) is 3.01. The second-order valence-electron chi connectivity index (χ2n) is 14.1. The summed E-state index contributed by atoms with van der Waals surface area (Å²) in [6.45, 7) is 11.9. The number of rotatable bonds is 0. The smallest absolute Gasteiger partial charge is 0.308 e. The van der Waals surface area contributed by atoms with Gasteiger partial charge < -0.3 is 9.47 Å². The van der Waals surface area contributed by atoms with Gasteiger partial charge in [0.25, 0.3) is 0 Å². The monoisotopic (exact) mass is 481 g/mol. The molecule has 7 rings (SSSR count). The zero-order valence-electron chi connectivity index (χ0n) is 21.8. The molecule has 0 radical (unpaired) electrons. The minimum Gasteiger partial charge on any atom is -0.443 e. The molecule has 10 atom stereocenters. The van der Waals surface area contributed by atoms with Gasteiger partial charge in [-0.15, -0.1) is 0 Å². The van der Waals surface area contributed by atoms with E-state index in [0.29, 0.717) is 18.8 Å². The minimum absolute atomic E-state index is 0.0972. The Morgan fingerprint density at radius 2 is 1.86 bits per heavy atom. The van der Waals surface area contributed by atoms with Gasteiger partial charge in [-0.05, 0) is 67.8 Å². The first-order valence-electron chi connectivity index (χ1n) is 13.8. The third-order valence-corrected chi connectivity index (χ3v) is 12.3. The van der Waals surface area contributed by atoms with Crippen LogP contribution in [0.2, 0.25) is 0 Å². The van der Waals surface area contributed by atoms with Crippen LogP contribution in [0.3, 0.4) is 0 Å². The van der Waals surface area contributed by atoms with Gasteiger partial charge in [-0.3, -0.25) is 14.4 Å². The molecule has 4 aliphatic heterocycles. The second-order valence-corrected chi connectivity index (χ2v) is 14.1. The van der Waals surface area contributed by atoms with Crippen molar-refractivity contribution in [2.45, 2.75) is 104 Å². The molecule has 1 spiro atoms. The highest BCUT2D eigenvalue weighted by Crippen LogP contribution is 2.77. The molecule has 0 unspecified atom stereocenters. The Hall–Kier alpha value is -1.53. The lowest BCUT2D eigenvalue weighted by Gasteiger charge is -2.76. The Morgan fingerprint density at radius 1 is 1.09 bits per heavy atom. The Balaban J connectivity index is 1.44. The van der Waals surface area contributed by atoms with Crippen molar-refractivity contribution in [3.8, 4) is 0 Å². The molecule has 0 aromatic heterocycles. The van der Waals surface area contributed by atoms with Crippen molar-refractivity contribution in [2.75, 3.05) is 6.54 Å². The van der Waals surface area contributed by atoms with Gasteiger partial charge >= 0.3 is 5.97 Å². The number of piperidine rings is 1. The van der Waals surface area contributed by atoms with Crippen LogP contribution in [0.5, 0.6) is 0 Å². The van der Waals surface area contributed by atoms with Gasteiger partial charge in [0.2, 0.25) is 0 Å². The summed E-state index contributed by atoms with van der Waals surface area (Å²) < 4.78 is 13.4. The summed E-state index contributed by atoms with van der Waals surface area (Å²) in [5, 5.41) is 0. The normalized spacial score (nSPS) is 56.9. The van der Waals surface area contributed by atoms with Crippen molar-refractivity contribution >= 4 is 17.5 Å². The Kier molecular flexibility index (Phi) is 4.19. The number of hydrogen-bond donors (Lipinski definition) is 0. The van der Waals surface area contributed by atoms with Crippen LogP contribution in [-0.4, -0.2) is 46.5 Å². The van der Waals surface area contributed by atoms with Crippen LogP contribution in [0.15, 0.2) is 11.6 Å². The number of fused-ring (bicyclic) bond motifs is 5. The minimum atomic E-state index is -0.806. The van der Waals surface area contributed by atoms with E-state index in [1.54, 1.807) is 6.08 Å². The molecule has 0 aromatic rings. The van der Waals surface area contributed by atoms with Crippen molar-refractivity contribution in [1.82, 2.24) is 4.90 Å². The first kappa shape index (κ1) is 22.7. The molecule has 190 valence electrons. The van der Waals surface area contributed by atoms with Gasteiger partial charge in [-0.2, -0.15) is 0 Å². The molecule has 35 heavy (non-hydrogen) atoms. The summed E-state index contributed by atoms with van der Waals surface area (Å²) >= 11 is 0. The first-order valence-corrected chi connectivity index (χ1v) is 13.8. The standard InChI is InChI=1S/C29H39NO5/c1-16-9-20-19(21(31)10-16)11-22(32)24-25(20,3)15-29-27(5,26(24,4)13-23(33)35-29)6-7-28-12-17(2)8-18(34-28)14-30(28)29/h10,17-20,24H,6-9,11-15H2,1-5H3/t17-,18+,19-,20+,24-,25-,26+,27-,28-,29+/m0/s1. The van der Waals surface area contributed by atoms with E-state index in [2.05, 4.69) is 32.6 Å². The fourth-order valence-corrected chi connectivity index (χ4v) is 11.0. The summed E-state index contributed by atoms with van der Waals surface area (Å²) in [7, 11) is 0. The molecule has 4 bridgehead atoms. The van der Waals surface area contributed by atoms with Gasteiger partial charge in [0.15, 0.2) is 11.5 Å². The molecule has 2 saturated carbocycles. The Labute approximate surface area is 208 Å². The molecule has 0 N–H and O–H groups in total. The molecule has 4 saturated heterocycles. The molecule has 6 fully saturated rings. The molecule has 4 heterocycles. The third-order valence-electron chi connectivity index (χ3n) is 12.3. The number of esters is 1. The van der Waals surface area contributed by atoms with E-state index in [4.69, 9.17) is 9.47 Å². The first-order chi connectivity index (χ1) is 16.4. The van der Waals surface area contributed by atoms with E-state index >= 15 is 0 Å². The highest BCUT2D eigenvalue weighted by Gasteiger charge is 2.82. The average molecular weight is 482 g/mol. The number of hydrogen-bond acceptors (Lipinski definition) is 6. The predicted octanol–water partition coefficient (Wildman–Crippen LogP) is 4.41. The maximum atomic E-state index is 14.0. The van der Waals surface area contributed by atoms with Crippen molar-refractivity contribution in [3.63, 3.8) is 0 Å². The number of nitrogens with zero attached hydrogens (tertiary/aromatic N) is 1. The Morgan fingerprint density at radius 3 is 2.63 bits per heavy atom. The van der Waals surface area contributed by atoms with Gasteiger partial charge in [-0.25, -0.2) is 4.90 Å².